The van der Waals surface area contributed by atoms with Crippen molar-refractivity contribution in [3.8, 4) is 11.5 Å². The van der Waals surface area contributed by atoms with Gasteiger partial charge >= 0.3 is 12.5 Å². The maximum atomic E-state index is 13.2. The Kier molecular flexibility index (Phi) is 7.65. The van der Waals surface area contributed by atoms with Crippen LogP contribution in [0.4, 0.5) is 32.0 Å². The lowest BCUT2D eigenvalue weighted by atomic mass is 9.72. The van der Waals surface area contributed by atoms with Crippen molar-refractivity contribution in [3.05, 3.63) is 89.5 Å². The molecule has 1 saturated carbocycles. The van der Waals surface area contributed by atoms with Crippen LogP contribution in [0.1, 0.15) is 42.4 Å². The number of aliphatic hydroxyl groups is 1. The largest absolute Gasteiger partial charge is 0.573 e. The highest BCUT2D eigenvalue weighted by atomic mass is 19.4. The molecule has 40 heavy (non-hydrogen) atoms. The maximum Gasteiger partial charge on any atom is 0.573 e. The van der Waals surface area contributed by atoms with Gasteiger partial charge in [0.25, 0.3) is 0 Å². The number of nitrogens with zero attached hydrogens (tertiary/aromatic N) is 1. The zero-order valence-electron chi connectivity index (χ0n) is 21.5. The Balaban J connectivity index is 1.36. The lowest BCUT2D eigenvalue weighted by Gasteiger charge is -2.43. The Morgan fingerprint density at radius 3 is 1.68 bits per heavy atom. The minimum atomic E-state index is -4.88. The van der Waals surface area contributed by atoms with Crippen molar-refractivity contribution in [1.29, 1.82) is 0 Å². The number of alkyl halides is 6. The van der Waals surface area contributed by atoms with Crippen molar-refractivity contribution in [3.63, 3.8) is 0 Å². The molecule has 1 aliphatic carbocycles. The third-order valence-corrected chi connectivity index (χ3v) is 7.65. The van der Waals surface area contributed by atoms with E-state index in [0.717, 1.165) is 42.3 Å². The highest BCUT2D eigenvalue weighted by molar-refractivity contribution is 5.50. The van der Waals surface area contributed by atoms with Crippen LogP contribution in [0, 0.1) is 11.8 Å². The first-order chi connectivity index (χ1) is 18.9. The van der Waals surface area contributed by atoms with Crippen LogP contribution in [0.3, 0.4) is 0 Å². The van der Waals surface area contributed by atoms with E-state index in [1.54, 1.807) is 0 Å². The summed E-state index contributed by atoms with van der Waals surface area (Å²) in [5.41, 5.74) is -1.08. The second-order valence-electron chi connectivity index (χ2n) is 10.4. The average Bonchev–Trinajstić information content (AvgIpc) is 3.76. The van der Waals surface area contributed by atoms with E-state index in [2.05, 4.69) is 9.64 Å². The highest BCUT2D eigenvalue weighted by Crippen LogP contribution is 2.44. The van der Waals surface area contributed by atoms with Gasteiger partial charge in [-0.1, -0.05) is 24.3 Å². The number of hydrogen-bond donors (Lipinski definition) is 1. The number of halogens is 6. The molecule has 3 aromatic rings. The van der Waals surface area contributed by atoms with Gasteiger partial charge in [-0.2, -0.15) is 13.2 Å². The van der Waals surface area contributed by atoms with Gasteiger partial charge in [-0.3, -0.25) is 0 Å². The van der Waals surface area contributed by atoms with Crippen molar-refractivity contribution >= 4 is 5.69 Å². The number of anilines is 1. The number of ether oxygens (including phenoxy) is 2. The first kappa shape index (κ1) is 28.1. The van der Waals surface area contributed by atoms with Crippen molar-refractivity contribution in [2.24, 2.45) is 11.8 Å². The average molecular weight is 566 g/mol. The van der Waals surface area contributed by atoms with Crippen molar-refractivity contribution in [2.45, 2.75) is 43.8 Å². The zero-order valence-corrected chi connectivity index (χ0v) is 21.5. The van der Waals surface area contributed by atoms with Crippen LogP contribution in [-0.2, 0) is 11.8 Å². The van der Waals surface area contributed by atoms with Crippen LogP contribution in [-0.4, -0.2) is 31.2 Å². The maximum absolute atomic E-state index is 13.2. The van der Waals surface area contributed by atoms with Gasteiger partial charge in [-0.25, -0.2) is 0 Å². The standard InChI is InChI=1S/C30H29F6NO3/c31-29(32,33)24-5-3-21(4-6-24)28(38,22-7-11-27(12-8-22)40-30(34,35)36)23-15-17-37(18-16-23)25-9-13-26(14-10-25)39-19-20-1-2-20/h3-14,20,23,38H,1-2,15-19H2. The van der Waals surface area contributed by atoms with Crippen LogP contribution in [0.2, 0.25) is 0 Å². The molecule has 1 saturated heterocycles. The Labute approximate surface area is 228 Å². The molecule has 1 unspecified atom stereocenters. The monoisotopic (exact) mass is 565 g/mol. The quantitative estimate of drug-likeness (QED) is 0.287. The Hall–Kier alpha value is -3.40. The first-order valence-corrected chi connectivity index (χ1v) is 13.2. The smallest absolute Gasteiger partial charge is 0.493 e. The molecule has 2 aliphatic rings. The molecule has 214 valence electrons. The topological polar surface area (TPSA) is 41.9 Å². The van der Waals surface area contributed by atoms with Gasteiger partial charge in [0.15, 0.2) is 0 Å². The summed E-state index contributed by atoms with van der Waals surface area (Å²) in [7, 11) is 0. The Morgan fingerprint density at radius 2 is 1.18 bits per heavy atom. The van der Waals surface area contributed by atoms with Gasteiger partial charge in [0.05, 0.1) is 12.2 Å². The van der Waals surface area contributed by atoms with E-state index in [1.807, 2.05) is 24.3 Å². The summed E-state index contributed by atoms with van der Waals surface area (Å²) >= 11 is 0. The van der Waals surface area contributed by atoms with Crippen LogP contribution in [0.25, 0.3) is 0 Å². The molecule has 5 rings (SSSR count). The van der Waals surface area contributed by atoms with E-state index < -0.39 is 35.4 Å². The zero-order chi connectivity index (χ0) is 28.5. The fourth-order valence-corrected chi connectivity index (χ4v) is 5.27. The van der Waals surface area contributed by atoms with E-state index in [-0.39, 0.29) is 11.1 Å². The molecule has 1 N–H and O–H groups in total. The van der Waals surface area contributed by atoms with Crippen molar-refractivity contribution in [1.82, 2.24) is 0 Å². The lowest BCUT2D eigenvalue weighted by molar-refractivity contribution is -0.274. The van der Waals surface area contributed by atoms with Crippen molar-refractivity contribution < 1.29 is 40.9 Å². The molecule has 0 amide bonds. The van der Waals surface area contributed by atoms with Gasteiger partial charge in [0, 0.05) is 18.8 Å². The summed E-state index contributed by atoms with van der Waals surface area (Å²) in [5.74, 6) is 0.595. The molecule has 0 spiro atoms. The third kappa shape index (κ3) is 6.49. The van der Waals surface area contributed by atoms with E-state index in [9.17, 15) is 31.4 Å². The van der Waals surface area contributed by atoms with Gasteiger partial charge in [-0.15, -0.1) is 13.2 Å². The molecule has 4 nitrogen and oxygen atoms in total. The normalized spacial score (nSPS) is 18.3. The molecular weight excluding hydrogens is 536 g/mol. The van der Waals surface area contributed by atoms with Crippen molar-refractivity contribution in [2.75, 3.05) is 24.6 Å². The molecule has 1 heterocycles. The van der Waals surface area contributed by atoms with Crippen LogP contribution in [0.5, 0.6) is 11.5 Å². The summed E-state index contributed by atoms with van der Waals surface area (Å²) in [6.07, 6.45) is -6.01. The van der Waals surface area contributed by atoms with Gasteiger partial charge in [0.2, 0.25) is 0 Å². The van der Waals surface area contributed by atoms with Crippen LogP contribution >= 0.6 is 0 Å². The van der Waals surface area contributed by atoms with E-state index in [4.69, 9.17) is 4.74 Å². The molecule has 0 radical (unpaired) electrons. The molecule has 2 fully saturated rings. The fourth-order valence-electron chi connectivity index (χ4n) is 5.27. The minimum absolute atomic E-state index is 0.237. The summed E-state index contributed by atoms with van der Waals surface area (Å²) in [5, 5.41) is 12.1. The molecule has 3 aromatic carbocycles. The number of rotatable bonds is 8. The lowest BCUT2D eigenvalue weighted by Crippen LogP contribution is -2.44. The fraction of sp³-hybridized carbons (Fsp3) is 0.400. The first-order valence-electron chi connectivity index (χ1n) is 13.2. The summed E-state index contributed by atoms with van der Waals surface area (Å²) in [6.45, 7) is 1.87. The SMILES string of the molecule is OC(c1ccc(OC(F)(F)F)cc1)(c1ccc(C(F)(F)F)cc1)C1CCN(c2ccc(OCC3CC3)cc2)CC1. The number of hydrogen-bond acceptors (Lipinski definition) is 4. The second-order valence-corrected chi connectivity index (χ2v) is 10.4. The summed E-state index contributed by atoms with van der Waals surface area (Å²) < 4.78 is 87.3. The predicted octanol–water partition coefficient (Wildman–Crippen LogP) is 7.55. The highest BCUT2D eigenvalue weighted by Gasteiger charge is 2.42. The summed E-state index contributed by atoms with van der Waals surface area (Å²) in [6, 6.07) is 16.9. The molecule has 0 bridgehead atoms. The minimum Gasteiger partial charge on any atom is -0.493 e. The second kappa shape index (κ2) is 10.9. The van der Waals surface area contributed by atoms with Gasteiger partial charge < -0.3 is 19.5 Å². The van der Waals surface area contributed by atoms with E-state index in [0.29, 0.717) is 31.8 Å². The molecule has 0 aromatic heterocycles. The molecular formula is C30H29F6NO3. The number of piperidine rings is 1. The predicted molar refractivity (Wildman–Crippen MR) is 137 cm³/mol. The van der Waals surface area contributed by atoms with Crippen LogP contribution in [0.15, 0.2) is 72.8 Å². The Morgan fingerprint density at radius 1 is 0.675 bits per heavy atom. The van der Waals surface area contributed by atoms with E-state index >= 15 is 0 Å². The van der Waals surface area contributed by atoms with E-state index in [1.165, 1.54) is 37.1 Å². The number of benzene rings is 3. The molecule has 1 aliphatic heterocycles. The summed E-state index contributed by atoms with van der Waals surface area (Å²) in [4.78, 5) is 2.16. The molecule has 1 atom stereocenters. The molecule has 10 heteroatoms. The van der Waals surface area contributed by atoms with Gasteiger partial charge in [0.1, 0.15) is 17.1 Å². The third-order valence-electron chi connectivity index (χ3n) is 7.65. The Bertz CT molecular complexity index is 1260. The van der Waals surface area contributed by atoms with Gasteiger partial charge in [-0.05, 0) is 97.2 Å². The van der Waals surface area contributed by atoms with Crippen LogP contribution < -0.4 is 14.4 Å².